The molecule has 6 nitrogen and oxygen atoms in total. The average Bonchev–Trinajstić information content (AvgIpc) is 2.57. The zero-order valence-corrected chi connectivity index (χ0v) is 17.2. The van der Waals surface area contributed by atoms with Gasteiger partial charge in [-0.05, 0) is 51.0 Å². The Morgan fingerprint density at radius 3 is 2.27 bits per heavy atom. The van der Waals surface area contributed by atoms with Crippen molar-refractivity contribution in [2.45, 2.75) is 66.1 Å². The van der Waals surface area contributed by atoms with E-state index < -0.39 is 0 Å². The lowest BCUT2D eigenvalue weighted by atomic mass is 10.1. The molecular weight excluding hydrogens is 328 g/mol. The van der Waals surface area contributed by atoms with Crippen LogP contribution in [0.3, 0.4) is 0 Å². The first-order valence-electron chi connectivity index (χ1n) is 9.36. The molecular formula is C20H34N4O2. The third-order valence-electron chi connectivity index (χ3n) is 4.33. The fourth-order valence-electron chi connectivity index (χ4n) is 2.75. The van der Waals surface area contributed by atoms with Gasteiger partial charge in [-0.2, -0.15) is 0 Å². The fraction of sp³-hybridized carbons (Fsp3) is 0.600. The Morgan fingerprint density at radius 2 is 1.77 bits per heavy atom. The summed E-state index contributed by atoms with van der Waals surface area (Å²) >= 11 is 0. The highest BCUT2D eigenvalue weighted by Crippen LogP contribution is 2.26. The second-order valence-electron chi connectivity index (χ2n) is 7.12. The standard InChI is InChI=1S/C20H34N4O2/c1-8-15(5)24(19(25)9-2)13-16-12-17(10-11-18(16)23(6)7)22-20(26)21-14(3)4/h10-12,14-15H,8-9,13H2,1-7H3,(H2,21,22,26)/t15-/m0/s1. The van der Waals surface area contributed by atoms with Gasteiger partial charge >= 0.3 is 6.03 Å². The summed E-state index contributed by atoms with van der Waals surface area (Å²) in [4.78, 5) is 28.3. The lowest BCUT2D eigenvalue weighted by Gasteiger charge is -2.30. The van der Waals surface area contributed by atoms with Gasteiger partial charge in [0.2, 0.25) is 5.91 Å². The molecule has 0 bridgehead atoms. The molecule has 0 aliphatic carbocycles. The van der Waals surface area contributed by atoms with Crippen LogP contribution in [0.5, 0.6) is 0 Å². The highest BCUT2D eigenvalue weighted by atomic mass is 16.2. The van der Waals surface area contributed by atoms with Crippen molar-refractivity contribution in [2.75, 3.05) is 24.3 Å². The molecule has 146 valence electrons. The first-order chi connectivity index (χ1) is 12.2. The Labute approximate surface area is 157 Å². The number of carbonyl (C=O) groups excluding carboxylic acids is 2. The Balaban J connectivity index is 3.14. The van der Waals surface area contributed by atoms with Gasteiger partial charge in [0.15, 0.2) is 0 Å². The normalized spacial score (nSPS) is 11.8. The number of rotatable bonds is 8. The zero-order valence-electron chi connectivity index (χ0n) is 17.2. The minimum absolute atomic E-state index is 0.0681. The van der Waals surface area contributed by atoms with Crippen molar-refractivity contribution >= 4 is 23.3 Å². The van der Waals surface area contributed by atoms with Crippen molar-refractivity contribution in [1.82, 2.24) is 10.2 Å². The van der Waals surface area contributed by atoms with E-state index in [2.05, 4.69) is 24.5 Å². The molecule has 3 amide bonds. The van der Waals surface area contributed by atoms with E-state index in [1.807, 2.05) is 62.9 Å². The maximum absolute atomic E-state index is 12.4. The van der Waals surface area contributed by atoms with Crippen LogP contribution in [0.25, 0.3) is 0 Å². The van der Waals surface area contributed by atoms with Crippen LogP contribution in [-0.2, 0) is 11.3 Å². The van der Waals surface area contributed by atoms with Gasteiger partial charge in [0, 0.05) is 50.5 Å². The van der Waals surface area contributed by atoms with Crippen LogP contribution in [0.15, 0.2) is 18.2 Å². The van der Waals surface area contributed by atoms with Crippen molar-refractivity contribution in [1.29, 1.82) is 0 Å². The molecule has 6 heteroatoms. The monoisotopic (exact) mass is 362 g/mol. The predicted octanol–water partition coefficient (Wildman–Crippen LogP) is 3.82. The fourth-order valence-corrected chi connectivity index (χ4v) is 2.75. The molecule has 2 N–H and O–H groups in total. The first kappa shape index (κ1) is 21.8. The van der Waals surface area contributed by atoms with Gasteiger partial charge in [0.25, 0.3) is 0 Å². The van der Waals surface area contributed by atoms with Crippen molar-refractivity contribution in [2.24, 2.45) is 0 Å². The second-order valence-corrected chi connectivity index (χ2v) is 7.12. The van der Waals surface area contributed by atoms with Gasteiger partial charge in [-0.3, -0.25) is 4.79 Å². The van der Waals surface area contributed by atoms with Crippen molar-refractivity contribution in [3.63, 3.8) is 0 Å². The van der Waals surface area contributed by atoms with E-state index in [0.29, 0.717) is 13.0 Å². The van der Waals surface area contributed by atoms with Crippen molar-refractivity contribution in [3.05, 3.63) is 23.8 Å². The Kier molecular flexibility index (Phi) is 8.42. The molecule has 0 unspecified atom stereocenters. The summed E-state index contributed by atoms with van der Waals surface area (Å²) < 4.78 is 0. The van der Waals surface area contributed by atoms with Gasteiger partial charge in [0.05, 0.1) is 0 Å². The number of anilines is 2. The van der Waals surface area contributed by atoms with Crippen LogP contribution in [0.2, 0.25) is 0 Å². The number of nitrogens with zero attached hydrogens (tertiary/aromatic N) is 2. The largest absolute Gasteiger partial charge is 0.377 e. The van der Waals surface area contributed by atoms with Crippen LogP contribution >= 0.6 is 0 Å². The first-order valence-corrected chi connectivity index (χ1v) is 9.36. The maximum atomic E-state index is 12.4. The summed E-state index contributed by atoms with van der Waals surface area (Å²) in [5.41, 5.74) is 2.77. The summed E-state index contributed by atoms with van der Waals surface area (Å²) in [5.74, 6) is 0.139. The summed E-state index contributed by atoms with van der Waals surface area (Å²) in [6, 6.07) is 5.82. The molecule has 26 heavy (non-hydrogen) atoms. The number of nitrogens with one attached hydrogen (secondary N) is 2. The van der Waals surface area contributed by atoms with Crippen LogP contribution < -0.4 is 15.5 Å². The minimum Gasteiger partial charge on any atom is -0.377 e. The summed E-state index contributed by atoms with van der Waals surface area (Å²) in [5, 5.41) is 5.69. The third-order valence-corrected chi connectivity index (χ3v) is 4.33. The number of urea groups is 1. The van der Waals surface area contributed by atoms with Gasteiger partial charge in [-0.15, -0.1) is 0 Å². The van der Waals surface area contributed by atoms with Crippen molar-refractivity contribution < 1.29 is 9.59 Å². The van der Waals surface area contributed by atoms with Crippen LogP contribution in [0.1, 0.15) is 53.0 Å². The SMILES string of the molecule is CCC(=O)N(Cc1cc(NC(=O)NC(C)C)ccc1N(C)C)[C@@H](C)CC. The smallest absolute Gasteiger partial charge is 0.319 e. The summed E-state index contributed by atoms with van der Waals surface area (Å²) in [6.07, 6.45) is 1.38. The highest BCUT2D eigenvalue weighted by molar-refractivity contribution is 5.90. The molecule has 0 aliphatic heterocycles. The van der Waals surface area contributed by atoms with E-state index in [1.54, 1.807) is 0 Å². The number of benzene rings is 1. The molecule has 0 aliphatic rings. The number of amides is 3. The van der Waals surface area contributed by atoms with Gasteiger partial charge in [-0.1, -0.05) is 13.8 Å². The zero-order chi connectivity index (χ0) is 19.9. The molecule has 1 atom stereocenters. The van der Waals surface area contributed by atoms with E-state index in [1.165, 1.54) is 0 Å². The van der Waals surface area contributed by atoms with Crippen LogP contribution in [0.4, 0.5) is 16.2 Å². The maximum Gasteiger partial charge on any atom is 0.319 e. The van der Waals surface area contributed by atoms with E-state index in [0.717, 1.165) is 23.4 Å². The number of hydrogen-bond acceptors (Lipinski definition) is 3. The van der Waals surface area contributed by atoms with E-state index in [9.17, 15) is 9.59 Å². The van der Waals surface area contributed by atoms with E-state index in [4.69, 9.17) is 0 Å². The quantitative estimate of drug-likeness (QED) is 0.739. The Morgan fingerprint density at radius 1 is 1.12 bits per heavy atom. The molecule has 0 spiro atoms. The van der Waals surface area contributed by atoms with Crippen molar-refractivity contribution in [3.8, 4) is 0 Å². The Hall–Kier alpha value is -2.24. The van der Waals surface area contributed by atoms with E-state index in [-0.39, 0.29) is 24.0 Å². The molecule has 0 aromatic heterocycles. The molecule has 0 heterocycles. The molecule has 0 saturated heterocycles. The minimum atomic E-state index is -0.230. The summed E-state index contributed by atoms with van der Waals surface area (Å²) in [6.45, 7) is 10.4. The van der Waals surface area contributed by atoms with Gasteiger partial charge < -0.3 is 20.4 Å². The lowest BCUT2D eigenvalue weighted by Crippen LogP contribution is -2.37. The van der Waals surface area contributed by atoms with Crippen LogP contribution in [0, 0.1) is 0 Å². The van der Waals surface area contributed by atoms with Gasteiger partial charge in [-0.25, -0.2) is 4.79 Å². The predicted molar refractivity (Wildman–Crippen MR) is 109 cm³/mol. The van der Waals surface area contributed by atoms with Gasteiger partial charge in [0.1, 0.15) is 0 Å². The summed E-state index contributed by atoms with van der Waals surface area (Å²) in [7, 11) is 3.96. The number of hydrogen-bond donors (Lipinski definition) is 2. The molecule has 1 aromatic rings. The topological polar surface area (TPSA) is 64.7 Å². The van der Waals surface area contributed by atoms with E-state index >= 15 is 0 Å². The second kappa shape index (κ2) is 10.0. The molecule has 1 rings (SSSR count). The number of carbonyl (C=O) groups is 2. The average molecular weight is 363 g/mol. The molecule has 0 fully saturated rings. The Bertz CT molecular complexity index is 614. The lowest BCUT2D eigenvalue weighted by molar-refractivity contribution is -0.133. The molecule has 0 radical (unpaired) electrons. The molecule has 1 aromatic carbocycles. The third kappa shape index (κ3) is 6.24. The van der Waals surface area contributed by atoms with Crippen LogP contribution in [-0.4, -0.2) is 43.0 Å². The highest BCUT2D eigenvalue weighted by Gasteiger charge is 2.20. The molecule has 0 saturated carbocycles.